The third-order valence-electron chi connectivity index (χ3n) is 3.02. The first-order valence-corrected chi connectivity index (χ1v) is 7.92. The third kappa shape index (κ3) is 3.08. The van der Waals surface area contributed by atoms with Crippen molar-refractivity contribution in [3.63, 3.8) is 0 Å². The fourth-order valence-electron chi connectivity index (χ4n) is 1.96. The van der Waals surface area contributed by atoms with Crippen LogP contribution in [0.2, 0.25) is 0 Å². The van der Waals surface area contributed by atoms with Gasteiger partial charge in [0.15, 0.2) is 5.03 Å². The van der Waals surface area contributed by atoms with E-state index in [-0.39, 0.29) is 11.1 Å². The molecular weight excluding hydrogens is 274 g/mol. The van der Waals surface area contributed by atoms with Gasteiger partial charge in [-0.2, -0.15) is 4.31 Å². The maximum atomic E-state index is 12.6. The van der Waals surface area contributed by atoms with E-state index in [1.165, 1.54) is 10.5 Å². The average molecular weight is 293 g/mol. The highest BCUT2D eigenvalue weighted by Gasteiger charge is 2.28. The molecule has 0 spiro atoms. The molecule has 0 amide bonds. The van der Waals surface area contributed by atoms with E-state index in [4.69, 9.17) is 0 Å². The number of rotatable bonds is 5. The Bertz CT molecular complexity index is 663. The normalized spacial score (nSPS) is 12.2. The van der Waals surface area contributed by atoms with Gasteiger partial charge in [0.1, 0.15) is 5.82 Å². The summed E-state index contributed by atoms with van der Waals surface area (Å²) >= 11 is 0. The van der Waals surface area contributed by atoms with Crippen LogP contribution in [-0.2, 0) is 16.6 Å². The second kappa shape index (κ2) is 5.76. The molecule has 0 aliphatic rings. The summed E-state index contributed by atoms with van der Waals surface area (Å²) in [6.07, 6.45) is 1.37. The van der Waals surface area contributed by atoms with Gasteiger partial charge in [-0.15, -0.1) is 0 Å². The van der Waals surface area contributed by atoms with Crippen molar-refractivity contribution in [1.82, 2.24) is 14.3 Å². The van der Waals surface area contributed by atoms with E-state index >= 15 is 0 Å². The summed E-state index contributed by atoms with van der Waals surface area (Å²) in [7, 11) is -3.56. The van der Waals surface area contributed by atoms with Crippen LogP contribution in [0.25, 0.3) is 0 Å². The first-order chi connectivity index (χ1) is 9.41. The first-order valence-electron chi connectivity index (χ1n) is 6.48. The van der Waals surface area contributed by atoms with E-state index in [1.54, 1.807) is 6.92 Å². The van der Waals surface area contributed by atoms with Crippen LogP contribution in [0.5, 0.6) is 0 Å². The van der Waals surface area contributed by atoms with Crippen molar-refractivity contribution in [2.45, 2.75) is 38.4 Å². The summed E-state index contributed by atoms with van der Waals surface area (Å²) in [5.41, 5.74) is 0.959. The molecule has 2 aromatic rings. The molecule has 1 aromatic heterocycles. The molecule has 5 nitrogen and oxygen atoms in total. The maximum Gasteiger partial charge on any atom is 0.260 e. The Morgan fingerprint density at radius 2 is 1.90 bits per heavy atom. The van der Waals surface area contributed by atoms with Crippen molar-refractivity contribution in [1.29, 1.82) is 0 Å². The number of benzene rings is 1. The van der Waals surface area contributed by atoms with Crippen molar-refractivity contribution in [2.75, 3.05) is 0 Å². The Morgan fingerprint density at radius 3 is 2.40 bits per heavy atom. The van der Waals surface area contributed by atoms with Gasteiger partial charge in [-0.05, 0) is 26.3 Å². The molecule has 0 saturated carbocycles. The fourth-order valence-corrected chi connectivity index (χ4v) is 3.55. The summed E-state index contributed by atoms with van der Waals surface area (Å²) in [4.78, 5) is 6.77. The van der Waals surface area contributed by atoms with Crippen molar-refractivity contribution in [2.24, 2.45) is 0 Å². The molecule has 0 saturated heterocycles. The molecule has 1 N–H and O–H groups in total. The number of nitrogens with zero attached hydrogens (tertiary/aromatic N) is 2. The Morgan fingerprint density at radius 1 is 1.25 bits per heavy atom. The van der Waals surface area contributed by atoms with E-state index < -0.39 is 10.0 Å². The lowest BCUT2D eigenvalue weighted by Gasteiger charge is -2.25. The van der Waals surface area contributed by atoms with Crippen LogP contribution in [-0.4, -0.2) is 28.7 Å². The highest BCUT2D eigenvalue weighted by atomic mass is 32.2. The topological polar surface area (TPSA) is 66.1 Å². The number of sulfonamides is 1. The Kier molecular flexibility index (Phi) is 4.25. The van der Waals surface area contributed by atoms with E-state index in [9.17, 15) is 8.42 Å². The number of hydrogen-bond acceptors (Lipinski definition) is 3. The predicted octanol–water partition coefficient (Wildman–Crippen LogP) is 2.32. The van der Waals surface area contributed by atoms with Gasteiger partial charge < -0.3 is 4.98 Å². The zero-order valence-corrected chi connectivity index (χ0v) is 12.7. The number of nitrogens with one attached hydrogen (secondary N) is 1. The predicted molar refractivity (Wildman–Crippen MR) is 77.6 cm³/mol. The van der Waals surface area contributed by atoms with Gasteiger partial charge in [0.25, 0.3) is 10.0 Å². The molecule has 0 bridgehead atoms. The molecule has 6 heteroatoms. The van der Waals surface area contributed by atoms with Crippen molar-refractivity contribution in [3.05, 3.63) is 47.9 Å². The summed E-state index contributed by atoms with van der Waals surface area (Å²) < 4.78 is 26.8. The number of hydrogen-bond donors (Lipinski definition) is 1. The van der Waals surface area contributed by atoms with Crippen molar-refractivity contribution in [3.8, 4) is 0 Å². The lowest BCUT2D eigenvalue weighted by atomic mass is 10.2. The molecule has 0 aliphatic heterocycles. The number of H-pyrrole nitrogens is 1. The van der Waals surface area contributed by atoms with Crippen molar-refractivity contribution < 1.29 is 8.42 Å². The molecule has 20 heavy (non-hydrogen) atoms. The van der Waals surface area contributed by atoms with Crippen LogP contribution in [0.15, 0.2) is 41.6 Å². The Hall–Kier alpha value is -1.66. The molecule has 0 fully saturated rings. The second-order valence-electron chi connectivity index (χ2n) is 4.96. The lowest BCUT2D eigenvalue weighted by molar-refractivity contribution is 0.347. The number of aromatic nitrogens is 2. The van der Waals surface area contributed by atoms with Crippen LogP contribution in [0.3, 0.4) is 0 Å². The quantitative estimate of drug-likeness (QED) is 0.920. The van der Waals surface area contributed by atoms with E-state index in [1.807, 2.05) is 44.2 Å². The molecular formula is C14H19N3O2S. The Labute approximate surface area is 119 Å². The highest BCUT2D eigenvalue weighted by Crippen LogP contribution is 2.19. The van der Waals surface area contributed by atoms with Gasteiger partial charge in [-0.3, -0.25) is 0 Å². The van der Waals surface area contributed by atoms with Gasteiger partial charge in [-0.25, -0.2) is 13.4 Å². The molecule has 0 atom stereocenters. The minimum atomic E-state index is -3.56. The van der Waals surface area contributed by atoms with Gasteiger partial charge >= 0.3 is 0 Å². The molecule has 2 rings (SSSR count). The van der Waals surface area contributed by atoms with Crippen LogP contribution >= 0.6 is 0 Å². The van der Waals surface area contributed by atoms with Gasteiger partial charge in [0.2, 0.25) is 0 Å². The van der Waals surface area contributed by atoms with Crippen molar-refractivity contribution >= 4 is 10.0 Å². The average Bonchev–Trinajstić information content (AvgIpc) is 2.84. The molecule has 0 aliphatic carbocycles. The summed E-state index contributed by atoms with van der Waals surface area (Å²) in [5.74, 6) is 0.590. The van der Waals surface area contributed by atoms with Gasteiger partial charge in [0.05, 0.1) is 6.20 Å². The van der Waals surface area contributed by atoms with Crippen LogP contribution in [0, 0.1) is 6.92 Å². The zero-order valence-electron chi connectivity index (χ0n) is 11.9. The minimum Gasteiger partial charge on any atom is -0.332 e. The van der Waals surface area contributed by atoms with E-state index in [2.05, 4.69) is 9.97 Å². The standard InChI is InChI=1S/C14H19N3O2S/c1-11(2)17(10-13-7-5-4-6-8-13)20(18,19)14-9-15-12(3)16-14/h4-9,11H,10H2,1-3H3,(H,15,16). The van der Waals surface area contributed by atoms with Gasteiger partial charge in [0, 0.05) is 12.6 Å². The highest BCUT2D eigenvalue weighted by molar-refractivity contribution is 7.89. The van der Waals surface area contributed by atoms with Crippen LogP contribution in [0.4, 0.5) is 0 Å². The van der Waals surface area contributed by atoms with Crippen LogP contribution < -0.4 is 0 Å². The molecule has 1 aromatic carbocycles. The first kappa shape index (κ1) is 14.7. The lowest BCUT2D eigenvalue weighted by Crippen LogP contribution is -2.36. The van der Waals surface area contributed by atoms with E-state index in [0.29, 0.717) is 12.4 Å². The SMILES string of the molecule is Cc1ncc(S(=O)(=O)N(Cc2ccccc2)C(C)C)[nH]1. The Balaban J connectivity index is 2.33. The molecule has 1 heterocycles. The maximum absolute atomic E-state index is 12.6. The monoisotopic (exact) mass is 293 g/mol. The fraction of sp³-hybridized carbons (Fsp3) is 0.357. The number of aromatic amines is 1. The summed E-state index contributed by atoms with van der Waals surface area (Å²) in [6.45, 7) is 5.81. The molecule has 0 radical (unpaired) electrons. The largest absolute Gasteiger partial charge is 0.332 e. The van der Waals surface area contributed by atoms with Gasteiger partial charge in [-0.1, -0.05) is 30.3 Å². The molecule has 0 unspecified atom stereocenters. The smallest absolute Gasteiger partial charge is 0.260 e. The summed E-state index contributed by atoms with van der Waals surface area (Å²) in [5, 5.41) is 0.139. The number of imidazole rings is 1. The number of aryl methyl sites for hydroxylation is 1. The second-order valence-corrected chi connectivity index (χ2v) is 6.82. The van der Waals surface area contributed by atoms with E-state index in [0.717, 1.165) is 5.56 Å². The minimum absolute atomic E-state index is 0.135. The summed E-state index contributed by atoms with van der Waals surface area (Å²) in [6, 6.07) is 9.42. The van der Waals surface area contributed by atoms with Crippen LogP contribution in [0.1, 0.15) is 25.2 Å². The zero-order chi connectivity index (χ0) is 14.8. The molecule has 108 valence electrons. The third-order valence-corrected chi connectivity index (χ3v) is 4.95.